The summed E-state index contributed by atoms with van der Waals surface area (Å²) in [7, 11) is 0. The van der Waals surface area contributed by atoms with E-state index in [9.17, 15) is 14.7 Å². The summed E-state index contributed by atoms with van der Waals surface area (Å²) in [5, 5.41) is 18.7. The van der Waals surface area contributed by atoms with Crippen molar-refractivity contribution in [2.24, 2.45) is 0 Å². The number of rotatable bonds is 9. The molecule has 0 fully saturated rings. The van der Waals surface area contributed by atoms with E-state index in [0.29, 0.717) is 29.7 Å². The Balaban J connectivity index is 1.96. The number of amides is 1. The van der Waals surface area contributed by atoms with E-state index in [4.69, 9.17) is 4.74 Å². The molecule has 0 saturated carbocycles. The standard InChI is InChI=1S/C21H27N3O4/c1-14(2)22-12-18(26)13-28-19-8-4-17(5-9-19)24-20-10-6-16(23-15(3)25)7-11-21(20)27/h4-11,14,18,22,26H,12-13H2,1-3H3,(H,23,25)(H,24,27). The van der Waals surface area contributed by atoms with Gasteiger partial charge in [-0.05, 0) is 48.5 Å². The summed E-state index contributed by atoms with van der Waals surface area (Å²) in [5.41, 5.74) is 1.46. The molecule has 2 aromatic carbocycles. The van der Waals surface area contributed by atoms with Crippen LogP contribution in [-0.2, 0) is 4.79 Å². The number of aliphatic hydroxyl groups excluding tert-OH is 1. The zero-order chi connectivity index (χ0) is 20.5. The van der Waals surface area contributed by atoms with Crippen LogP contribution in [0.3, 0.4) is 0 Å². The average molecular weight is 385 g/mol. The lowest BCUT2D eigenvalue weighted by Gasteiger charge is -2.15. The molecular formula is C21H27N3O4. The summed E-state index contributed by atoms with van der Waals surface area (Å²) in [4.78, 5) is 23.3. The molecule has 7 heteroatoms. The van der Waals surface area contributed by atoms with Crippen LogP contribution in [0, 0.1) is 0 Å². The molecule has 2 aromatic rings. The zero-order valence-electron chi connectivity index (χ0n) is 16.4. The van der Waals surface area contributed by atoms with Crippen LogP contribution < -0.4 is 26.1 Å². The van der Waals surface area contributed by atoms with Gasteiger partial charge < -0.3 is 25.8 Å². The Morgan fingerprint density at radius 1 is 1.04 bits per heavy atom. The van der Waals surface area contributed by atoms with Crippen molar-refractivity contribution >= 4 is 23.0 Å². The van der Waals surface area contributed by atoms with E-state index >= 15 is 0 Å². The Morgan fingerprint density at radius 2 is 1.68 bits per heavy atom. The van der Waals surface area contributed by atoms with Crippen LogP contribution in [0.2, 0.25) is 0 Å². The number of ether oxygens (including phenoxy) is 1. The van der Waals surface area contributed by atoms with Crippen molar-refractivity contribution in [1.29, 1.82) is 0 Å². The molecular weight excluding hydrogens is 358 g/mol. The third kappa shape index (κ3) is 7.38. The first-order chi connectivity index (χ1) is 13.3. The second-order valence-corrected chi connectivity index (χ2v) is 6.76. The molecule has 7 nitrogen and oxygen atoms in total. The lowest BCUT2D eigenvalue weighted by molar-refractivity contribution is -0.114. The van der Waals surface area contributed by atoms with E-state index < -0.39 is 6.10 Å². The minimum absolute atomic E-state index is 0.192. The monoisotopic (exact) mass is 385 g/mol. The highest BCUT2D eigenvalue weighted by molar-refractivity contribution is 5.88. The van der Waals surface area contributed by atoms with Crippen molar-refractivity contribution in [2.45, 2.75) is 32.9 Å². The lowest BCUT2D eigenvalue weighted by atomic mass is 10.3. The van der Waals surface area contributed by atoms with E-state index in [1.165, 1.54) is 13.0 Å². The van der Waals surface area contributed by atoms with Gasteiger partial charge in [0.1, 0.15) is 18.5 Å². The number of benzene rings is 1. The van der Waals surface area contributed by atoms with Gasteiger partial charge in [-0.3, -0.25) is 9.59 Å². The molecule has 0 saturated heterocycles. The van der Waals surface area contributed by atoms with Crippen molar-refractivity contribution in [1.82, 2.24) is 5.32 Å². The van der Waals surface area contributed by atoms with Crippen molar-refractivity contribution in [2.75, 3.05) is 23.8 Å². The largest absolute Gasteiger partial charge is 0.491 e. The maximum Gasteiger partial charge on any atom is 0.221 e. The van der Waals surface area contributed by atoms with Gasteiger partial charge in [0, 0.05) is 30.9 Å². The quantitative estimate of drug-likeness (QED) is 0.529. The maximum absolute atomic E-state index is 12.2. The molecule has 0 aliphatic heterocycles. The lowest BCUT2D eigenvalue weighted by Crippen LogP contribution is -2.35. The predicted octanol–water partition coefficient (Wildman–Crippen LogP) is 2.49. The number of aliphatic hydroxyl groups is 1. The van der Waals surface area contributed by atoms with Gasteiger partial charge in [-0.15, -0.1) is 0 Å². The highest BCUT2D eigenvalue weighted by atomic mass is 16.5. The van der Waals surface area contributed by atoms with Gasteiger partial charge in [0.15, 0.2) is 0 Å². The smallest absolute Gasteiger partial charge is 0.221 e. The summed E-state index contributed by atoms with van der Waals surface area (Å²) in [6.07, 6.45) is -0.592. The Kier molecular flexibility index (Phi) is 7.98. The molecule has 2 rings (SSSR count). The molecule has 0 aromatic heterocycles. The topological polar surface area (TPSA) is 99.7 Å². The first kappa shape index (κ1) is 21.4. The summed E-state index contributed by atoms with van der Waals surface area (Å²) < 4.78 is 5.58. The number of anilines is 3. The van der Waals surface area contributed by atoms with Gasteiger partial charge in [0.05, 0.1) is 5.69 Å². The summed E-state index contributed by atoms with van der Waals surface area (Å²) in [5.74, 6) is 0.428. The molecule has 0 heterocycles. The Morgan fingerprint density at radius 3 is 2.32 bits per heavy atom. The zero-order valence-corrected chi connectivity index (χ0v) is 16.4. The molecule has 150 valence electrons. The normalized spacial score (nSPS) is 11.8. The van der Waals surface area contributed by atoms with E-state index in [1.54, 1.807) is 42.5 Å². The van der Waals surface area contributed by atoms with Crippen LogP contribution in [0.15, 0.2) is 53.3 Å². The SMILES string of the molecule is CC(=O)Nc1ccc(Nc2ccc(OCC(O)CNC(C)C)cc2)c(=O)cc1. The van der Waals surface area contributed by atoms with Crippen LogP contribution in [0.5, 0.6) is 5.75 Å². The number of nitrogens with one attached hydrogen (secondary N) is 3. The minimum Gasteiger partial charge on any atom is -0.491 e. The molecule has 0 bridgehead atoms. The maximum atomic E-state index is 12.2. The number of carbonyl (C=O) groups is 1. The Bertz CT molecular complexity index is 838. The Labute approximate surface area is 164 Å². The molecule has 0 spiro atoms. The molecule has 28 heavy (non-hydrogen) atoms. The number of hydrogen-bond donors (Lipinski definition) is 4. The highest BCUT2D eigenvalue weighted by Gasteiger charge is 2.06. The first-order valence-electron chi connectivity index (χ1n) is 9.17. The van der Waals surface area contributed by atoms with Gasteiger partial charge in [-0.1, -0.05) is 13.8 Å². The fraction of sp³-hybridized carbons (Fsp3) is 0.333. The van der Waals surface area contributed by atoms with Gasteiger partial charge in [-0.2, -0.15) is 0 Å². The number of carbonyl (C=O) groups excluding carboxylic acids is 1. The molecule has 1 amide bonds. The fourth-order valence-corrected chi connectivity index (χ4v) is 2.37. The highest BCUT2D eigenvalue weighted by Crippen LogP contribution is 2.19. The molecule has 4 N–H and O–H groups in total. The van der Waals surface area contributed by atoms with Crippen LogP contribution in [-0.4, -0.2) is 36.3 Å². The van der Waals surface area contributed by atoms with Gasteiger partial charge in [0.25, 0.3) is 0 Å². The summed E-state index contributed by atoms with van der Waals surface area (Å²) >= 11 is 0. The van der Waals surface area contributed by atoms with Gasteiger partial charge in [0.2, 0.25) is 11.3 Å². The summed E-state index contributed by atoms with van der Waals surface area (Å²) in [6.45, 7) is 6.10. The van der Waals surface area contributed by atoms with Crippen molar-refractivity contribution in [3.63, 3.8) is 0 Å². The second-order valence-electron chi connectivity index (χ2n) is 6.76. The molecule has 1 unspecified atom stereocenters. The van der Waals surface area contributed by atoms with Gasteiger partial charge in [-0.25, -0.2) is 0 Å². The number of hydrogen-bond acceptors (Lipinski definition) is 6. The van der Waals surface area contributed by atoms with E-state index in [0.717, 1.165) is 5.69 Å². The van der Waals surface area contributed by atoms with Crippen molar-refractivity contribution in [3.8, 4) is 5.75 Å². The van der Waals surface area contributed by atoms with Crippen molar-refractivity contribution in [3.05, 3.63) is 58.8 Å². The third-order valence-electron chi connectivity index (χ3n) is 3.77. The predicted molar refractivity (Wildman–Crippen MR) is 111 cm³/mol. The second kappa shape index (κ2) is 10.4. The fourth-order valence-electron chi connectivity index (χ4n) is 2.37. The van der Waals surface area contributed by atoms with Crippen LogP contribution in [0.25, 0.3) is 0 Å². The third-order valence-corrected chi connectivity index (χ3v) is 3.77. The average Bonchev–Trinajstić information content (AvgIpc) is 2.81. The molecule has 0 radical (unpaired) electrons. The van der Waals surface area contributed by atoms with Crippen LogP contribution >= 0.6 is 0 Å². The first-order valence-corrected chi connectivity index (χ1v) is 9.17. The van der Waals surface area contributed by atoms with E-state index in [1.807, 2.05) is 13.8 Å². The molecule has 0 aliphatic carbocycles. The molecule has 0 aliphatic rings. The van der Waals surface area contributed by atoms with Crippen LogP contribution in [0.4, 0.5) is 17.1 Å². The van der Waals surface area contributed by atoms with Gasteiger partial charge >= 0.3 is 0 Å². The Hall–Kier alpha value is -2.90. The van der Waals surface area contributed by atoms with Crippen molar-refractivity contribution < 1.29 is 14.6 Å². The minimum atomic E-state index is -0.592. The van der Waals surface area contributed by atoms with E-state index in [-0.39, 0.29) is 17.9 Å². The molecule has 1 atom stereocenters. The van der Waals surface area contributed by atoms with Crippen LogP contribution in [0.1, 0.15) is 20.8 Å². The van der Waals surface area contributed by atoms with E-state index in [2.05, 4.69) is 16.0 Å². The summed E-state index contributed by atoms with van der Waals surface area (Å²) in [6, 6.07) is 13.7.